The van der Waals surface area contributed by atoms with E-state index in [1.54, 1.807) is 11.3 Å². The molecule has 3 fully saturated rings. The molecule has 0 aliphatic heterocycles. The van der Waals surface area contributed by atoms with Crippen molar-refractivity contribution in [1.29, 1.82) is 0 Å². The van der Waals surface area contributed by atoms with E-state index < -0.39 is 0 Å². The summed E-state index contributed by atoms with van der Waals surface area (Å²) in [5, 5.41) is 12.5. The lowest BCUT2D eigenvalue weighted by molar-refractivity contribution is -0.133. The van der Waals surface area contributed by atoms with Gasteiger partial charge in [-0.05, 0) is 62.0 Å². The first-order valence-corrected chi connectivity index (χ1v) is 11.3. The summed E-state index contributed by atoms with van der Waals surface area (Å²) in [4.78, 5) is 19.7. The lowest BCUT2D eigenvalue weighted by Crippen LogP contribution is -2.41. The SMILES string of the molecule is CN(C)c1nnc(-c2ccc3cnc(CC(=O)C45CCC(CC4)CC5)cc3c2)s1. The topological polar surface area (TPSA) is 59.0 Å². The molecule has 0 saturated heterocycles. The molecule has 0 radical (unpaired) electrons. The van der Waals surface area contributed by atoms with E-state index in [2.05, 4.69) is 39.4 Å². The number of rotatable bonds is 5. The molecule has 3 aliphatic carbocycles. The van der Waals surface area contributed by atoms with E-state index in [0.717, 1.165) is 57.3 Å². The van der Waals surface area contributed by atoms with E-state index in [1.165, 1.54) is 19.3 Å². The highest BCUT2D eigenvalue weighted by molar-refractivity contribution is 7.18. The van der Waals surface area contributed by atoms with Crippen molar-refractivity contribution in [3.8, 4) is 10.6 Å². The van der Waals surface area contributed by atoms with Crippen LogP contribution in [0.15, 0.2) is 30.5 Å². The average Bonchev–Trinajstić information content (AvgIpc) is 3.25. The van der Waals surface area contributed by atoms with E-state index in [-0.39, 0.29) is 5.41 Å². The zero-order chi connectivity index (χ0) is 20.0. The van der Waals surface area contributed by atoms with E-state index >= 15 is 0 Å². The number of carbonyl (C=O) groups excluding carboxylic acids is 1. The van der Waals surface area contributed by atoms with Crippen LogP contribution in [0, 0.1) is 11.3 Å². The third-order valence-electron chi connectivity index (χ3n) is 6.85. The Labute approximate surface area is 175 Å². The maximum absolute atomic E-state index is 13.2. The zero-order valence-electron chi connectivity index (χ0n) is 17.0. The minimum Gasteiger partial charge on any atom is -0.353 e. The first kappa shape index (κ1) is 18.7. The van der Waals surface area contributed by atoms with Crippen molar-refractivity contribution in [2.24, 2.45) is 11.3 Å². The number of nitrogens with zero attached hydrogens (tertiary/aromatic N) is 4. The number of fused-ring (bicyclic) bond motifs is 4. The van der Waals surface area contributed by atoms with Crippen LogP contribution >= 0.6 is 11.3 Å². The van der Waals surface area contributed by atoms with Gasteiger partial charge in [-0.2, -0.15) is 0 Å². The van der Waals surface area contributed by atoms with Gasteiger partial charge in [-0.1, -0.05) is 23.5 Å². The van der Waals surface area contributed by atoms with Crippen LogP contribution in [0.3, 0.4) is 0 Å². The largest absolute Gasteiger partial charge is 0.353 e. The van der Waals surface area contributed by atoms with Gasteiger partial charge in [-0.3, -0.25) is 9.78 Å². The molecular formula is C23H26N4OS. The molecule has 6 rings (SSSR count). The zero-order valence-corrected chi connectivity index (χ0v) is 17.8. The van der Waals surface area contributed by atoms with Crippen LogP contribution in [0.2, 0.25) is 0 Å². The minimum absolute atomic E-state index is 0.0671. The lowest BCUT2D eigenvalue weighted by Gasteiger charge is -2.45. The van der Waals surface area contributed by atoms with Crippen molar-refractivity contribution >= 4 is 33.0 Å². The Bertz CT molecular complexity index is 1050. The van der Waals surface area contributed by atoms with Crippen molar-refractivity contribution < 1.29 is 4.79 Å². The predicted molar refractivity (Wildman–Crippen MR) is 117 cm³/mol. The number of carbonyl (C=O) groups is 1. The molecule has 0 N–H and O–H groups in total. The molecule has 3 aromatic rings. The molecule has 0 spiro atoms. The summed E-state index contributed by atoms with van der Waals surface area (Å²) < 4.78 is 0. The Morgan fingerprint density at radius 2 is 1.86 bits per heavy atom. The molecule has 2 bridgehead atoms. The van der Waals surface area contributed by atoms with E-state index in [4.69, 9.17) is 0 Å². The molecule has 150 valence electrons. The Kier molecular flexibility index (Phi) is 4.62. The smallest absolute Gasteiger partial charge is 0.208 e. The summed E-state index contributed by atoms with van der Waals surface area (Å²) >= 11 is 1.58. The molecule has 0 unspecified atom stereocenters. The van der Waals surface area contributed by atoms with Gasteiger partial charge in [0.05, 0.1) is 0 Å². The van der Waals surface area contributed by atoms with Crippen LogP contribution < -0.4 is 4.90 Å². The van der Waals surface area contributed by atoms with Crippen molar-refractivity contribution in [2.45, 2.75) is 44.9 Å². The van der Waals surface area contributed by atoms with Crippen LogP contribution in [0.5, 0.6) is 0 Å². The fourth-order valence-corrected chi connectivity index (χ4v) is 5.71. The predicted octanol–water partition coefficient (Wildman–Crippen LogP) is 4.90. The third-order valence-corrected chi connectivity index (χ3v) is 7.99. The van der Waals surface area contributed by atoms with Crippen LogP contribution in [0.4, 0.5) is 5.13 Å². The van der Waals surface area contributed by atoms with Gasteiger partial charge < -0.3 is 4.90 Å². The maximum Gasteiger partial charge on any atom is 0.208 e. The molecule has 29 heavy (non-hydrogen) atoms. The van der Waals surface area contributed by atoms with Gasteiger partial charge in [0.1, 0.15) is 10.8 Å². The van der Waals surface area contributed by atoms with Gasteiger partial charge in [-0.25, -0.2) is 0 Å². The Balaban J connectivity index is 1.41. The quantitative estimate of drug-likeness (QED) is 0.603. The van der Waals surface area contributed by atoms with E-state index in [1.807, 2.05) is 25.2 Å². The molecule has 3 saturated carbocycles. The van der Waals surface area contributed by atoms with Crippen LogP contribution in [0.25, 0.3) is 21.3 Å². The van der Waals surface area contributed by atoms with Gasteiger partial charge in [0.15, 0.2) is 0 Å². The molecule has 3 aliphatic rings. The lowest BCUT2D eigenvalue weighted by atomic mass is 9.58. The van der Waals surface area contributed by atoms with Crippen molar-refractivity contribution in [1.82, 2.24) is 15.2 Å². The van der Waals surface area contributed by atoms with E-state index in [0.29, 0.717) is 12.2 Å². The summed E-state index contributed by atoms with van der Waals surface area (Å²) in [5.41, 5.74) is 1.87. The van der Waals surface area contributed by atoms with Gasteiger partial charge in [0.25, 0.3) is 0 Å². The minimum atomic E-state index is -0.0671. The third kappa shape index (κ3) is 3.44. The summed E-state index contributed by atoms with van der Waals surface area (Å²) in [5.74, 6) is 1.27. The second-order valence-electron chi connectivity index (χ2n) is 8.88. The van der Waals surface area contributed by atoms with E-state index in [9.17, 15) is 4.79 Å². The monoisotopic (exact) mass is 406 g/mol. The summed E-state index contributed by atoms with van der Waals surface area (Å²) in [6, 6.07) is 8.35. The molecule has 0 atom stereocenters. The van der Waals surface area contributed by atoms with Crippen LogP contribution in [-0.2, 0) is 11.2 Å². The number of aromatic nitrogens is 3. The number of hydrogen-bond acceptors (Lipinski definition) is 6. The number of Topliss-reactive ketones (excluding diaryl/α,β-unsaturated/α-hetero) is 1. The number of ketones is 1. The maximum atomic E-state index is 13.2. The summed E-state index contributed by atoms with van der Waals surface area (Å²) in [6.45, 7) is 0. The molecule has 1 aromatic carbocycles. The molecule has 5 nitrogen and oxygen atoms in total. The molecule has 6 heteroatoms. The number of hydrogen-bond donors (Lipinski definition) is 0. The fraction of sp³-hybridized carbons (Fsp3) is 0.478. The molecule has 2 aromatic heterocycles. The standard InChI is InChI=1S/C23H26N4OS/c1-27(2)22-26-25-21(29-22)16-3-4-17-14-24-19(12-18(17)11-16)13-20(28)23-8-5-15(6-9-23)7-10-23/h3-4,11-12,14-15H,5-10,13H2,1-2H3. The highest BCUT2D eigenvalue weighted by atomic mass is 32.1. The summed E-state index contributed by atoms with van der Waals surface area (Å²) in [6.07, 6.45) is 9.29. The molecule has 2 heterocycles. The van der Waals surface area contributed by atoms with Crippen molar-refractivity contribution in [3.63, 3.8) is 0 Å². The van der Waals surface area contributed by atoms with Crippen molar-refractivity contribution in [3.05, 3.63) is 36.2 Å². The first-order chi connectivity index (χ1) is 14.0. The number of pyridine rings is 1. The Morgan fingerprint density at radius 3 is 2.55 bits per heavy atom. The van der Waals surface area contributed by atoms with Gasteiger partial charge in [-0.15, -0.1) is 10.2 Å². The fourth-order valence-electron chi connectivity index (χ4n) is 4.95. The Morgan fingerprint density at radius 1 is 1.10 bits per heavy atom. The summed E-state index contributed by atoms with van der Waals surface area (Å²) in [7, 11) is 3.94. The van der Waals surface area contributed by atoms with Crippen LogP contribution in [0.1, 0.15) is 44.2 Å². The number of anilines is 1. The highest BCUT2D eigenvalue weighted by Crippen LogP contribution is 2.51. The number of benzene rings is 1. The second-order valence-corrected chi connectivity index (χ2v) is 9.84. The Hall–Kier alpha value is -2.34. The average molecular weight is 407 g/mol. The second kappa shape index (κ2) is 7.17. The van der Waals surface area contributed by atoms with Crippen molar-refractivity contribution in [2.75, 3.05) is 19.0 Å². The highest BCUT2D eigenvalue weighted by Gasteiger charge is 2.45. The van der Waals surface area contributed by atoms with Gasteiger partial charge >= 0.3 is 0 Å². The first-order valence-electron chi connectivity index (χ1n) is 10.5. The molecule has 0 amide bonds. The van der Waals surface area contributed by atoms with Crippen LogP contribution in [-0.4, -0.2) is 35.1 Å². The van der Waals surface area contributed by atoms with Gasteiger partial charge in [0, 0.05) is 48.8 Å². The van der Waals surface area contributed by atoms with Gasteiger partial charge in [0.2, 0.25) is 5.13 Å². The normalized spacial score (nSPS) is 23.4. The molecular weight excluding hydrogens is 380 g/mol.